The minimum Gasteiger partial charge on any atom is -0.433 e. The summed E-state index contributed by atoms with van der Waals surface area (Å²) in [5.41, 5.74) is 0.939. The number of rotatable bonds is 7. The summed E-state index contributed by atoms with van der Waals surface area (Å²) in [5, 5.41) is 20.4. The molecule has 0 amide bonds. The molecule has 134 valence electrons. The molecule has 2 rings (SSSR count). The number of nitrogens with zero attached hydrogens (tertiary/aromatic N) is 3. The molecule has 0 saturated carbocycles. The Morgan fingerprint density at radius 3 is 2.84 bits per heavy atom. The highest BCUT2D eigenvalue weighted by molar-refractivity contribution is 7.80. The van der Waals surface area contributed by atoms with E-state index in [1.165, 1.54) is 16.8 Å². The molecule has 25 heavy (non-hydrogen) atoms. The predicted molar refractivity (Wildman–Crippen MR) is 90.9 cm³/mol. The smallest absolute Gasteiger partial charge is 0.390 e. The molecule has 1 heterocycles. The monoisotopic (exact) mass is 371 g/mol. The number of ether oxygens (including phenoxy) is 1. The molecular weight excluding hydrogens is 356 g/mol. The molecule has 0 aliphatic carbocycles. The minimum absolute atomic E-state index is 0.0276. The number of aryl methyl sites for hydroxylation is 1. The third-order valence-corrected chi connectivity index (χ3v) is 3.36. The van der Waals surface area contributed by atoms with Crippen LogP contribution in [-0.2, 0) is 6.54 Å². The lowest BCUT2D eigenvalue weighted by atomic mass is 10.3. The number of nitro groups is 1. The average Bonchev–Trinajstić information content (AvgIpc) is 2.90. The van der Waals surface area contributed by atoms with E-state index in [0.29, 0.717) is 24.5 Å². The number of aromatic nitrogens is 2. The first-order valence-corrected chi connectivity index (χ1v) is 7.55. The molecule has 0 atom stereocenters. The van der Waals surface area contributed by atoms with Crippen molar-refractivity contribution in [1.29, 1.82) is 0 Å². The largest absolute Gasteiger partial charge is 0.433 e. The molecule has 0 unspecified atom stereocenters. The van der Waals surface area contributed by atoms with Gasteiger partial charge in [0.2, 0.25) is 0 Å². The zero-order chi connectivity index (χ0) is 18.4. The van der Waals surface area contributed by atoms with Gasteiger partial charge in [-0.15, -0.1) is 0 Å². The maximum absolute atomic E-state index is 12.4. The molecular formula is C14H15F2N5O3S. The number of halogens is 2. The highest BCUT2D eigenvalue weighted by Crippen LogP contribution is 2.25. The quantitative estimate of drug-likeness (QED) is 0.439. The van der Waals surface area contributed by atoms with Crippen LogP contribution in [0.5, 0.6) is 5.75 Å². The molecule has 2 aromatic rings. The third kappa shape index (κ3) is 5.35. The maximum Gasteiger partial charge on any atom is 0.390 e. The van der Waals surface area contributed by atoms with Crippen LogP contribution in [-0.4, -0.2) is 33.0 Å². The summed E-state index contributed by atoms with van der Waals surface area (Å²) in [6.45, 7) is -0.558. The lowest BCUT2D eigenvalue weighted by Crippen LogP contribution is -2.31. The Morgan fingerprint density at radius 2 is 2.20 bits per heavy atom. The fourth-order valence-electron chi connectivity index (χ4n) is 2.02. The second-order valence-electron chi connectivity index (χ2n) is 4.88. The Hall–Kier alpha value is -2.82. The summed E-state index contributed by atoms with van der Waals surface area (Å²) < 4.78 is 30.6. The molecule has 0 aliphatic rings. The molecule has 8 nitrogen and oxygen atoms in total. The first kappa shape index (κ1) is 18.5. The molecule has 0 fully saturated rings. The van der Waals surface area contributed by atoms with Crippen LogP contribution in [0.4, 0.5) is 20.3 Å². The number of thiocarbonyl (C=S) groups is 1. The highest BCUT2D eigenvalue weighted by Gasteiger charge is 2.15. The summed E-state index contributed by atoms with van der Waals surface area (Å²) in [4.78, 5) is 10.1. The average molecular weight is 371 g/mol. The summed E-state index contributed by atoms with van der Waals surface area (Å²) in [5.74, 6) is -0.253. The molecule has 1 aromatic heterocycles. The summed E-state index contributed by atoms with van der Waals surface area (Å²) in [6, 6.07) is 7.52. The van der Waals surface area contributed by atoms with Gasteiger partial charge in [-0.1, -0.05) is 12.1 Å². The van der Waals surface area contributed by atoms with Crippen molar-refractivity contribution >= 4 is 28.8 Å². The first-order valence-electron chi connectivity index (χ1n) is 7.14. The van der Waals surface area contributed by atoms with Crippen LogP contribution < -0.4 is 15.4 Å². The number of anilines is 1. The molecule has 1 aromatic carbocycles. The van der Waals surface area contributed by atoms with Gasteiger partial charge in [-0.25, -0.2) is 0 Å². The number of alkyl halides is 2. The second kappa shape index (κ2) is 8.33. The van der Waals surface area contributed by atoms with Crippen LogP contribution in [0.1, 0.15) is 5.69 Å². The van der Waals surface area contributed by atoms with E-state index in [0.717, 1.165) is 0 Å². The number of para-hydroxylation sites is 2. The van der Waals surface area contributed by atoms with E-state index in [4.69, 9.17) is 12.2 Å². The number of hydrogen-bond acceptors (Lipinski definition) is 5. The van der Waals surface area contributed by atoms with Gasteiger partial charge >= 0.3 is 12.4 Å². The Morgan fingerprint density at radius 1 is 1.48 bits per heavy atom. The standard InChI is InChI=1S/C14H15F2N5O3S/c1-9-8-12(21(22)23)19-20(9)7-6-17-14(25)18-10-4-2-3-5-11(10)24-13(15)16/h2-5,8,13H,6-7H2,1H3,(H2,17,18,25). The third-order valence-electron chi connectivity index (χ3n) is 3.12. The molecule has 0 radical (unpaired) electrons. The van der Waals surface area contributed by atoms with Crippen molar-refractivity contribution in [2.24, 2.45) is 0 Å². The first-order chi connectivity index (χ1) is 11.9. The van der Waals surface area contributed by atoms with Gasteiger partial charge in [-0.05, 0) is 36.2 Å². The van der Waals surface area contributed by atoms with E-state index in [1.807, 2.05) is 0 Å². The SMILES string of the molecule is Cc1cc([N+](=O)[O-])nn1CCNC(=S)Nc1ccccc1OC(F)F. The zero-order valence-corrected chi connectivity index (χ0v) is 13.9. The predicted octanol–water partition coefficient (Wildman–Crippen LogP) is 2.69. The second-order valence-corrected chi connectivity index (χ2v) is 5.29. The van der Waals surface area contributed by atoms with Gasteiger partial charge in [0.25, 0.3) is 0 Å². The van der Waals surface area contributed by atoms with Crippen molar-refractivity contribution in [2.45, 2.75) is 20.1 Å². The highest BCUT2D eigenvalue weighted by atomic mass is 32.1. The van der Waals surface area contributed by atoms with Crippen LogP contribution in [0.2, 0.25) is 0 Å². The van der Waals surface area contributed by atoms with Gasteiger partial charge in [0.15, 0.2) is 5.11 Å². The van der Waals surface area contributed by atoms with E-state index in [2.05, 4.69) is 20.5 Å². The summed E-state index contributed by atoms with van der Waals surface area (Å²) >= 11 is 5.10. The van der Waals surface area contributed by atoms with Crippen LogP contribution in [0.15, 0.2) is 30.3 Å². The fourth-order valence-corrected chi connectivity index (χ4v) is 2.23. The zero-order valence-electron chi connectivity index (χ0n) is 13.1. The van der Waals surface area contributed by atoms with Crippen LogP contribution in [0.3, 0.4) is 0 Å². The molecule has 0 saturated heterocycles. The van der Waals surface area contributed by atoms with Crippen LogP contribution >= 0.6 is 12.2 Å². The van der Waals surface area contributed by atoms with Gasteiger partial charge in [0, 0.05) is 6.54 Å². The van der Waals surface area contributed by atoms with Crippen molar-refractivity contribution in [3.63, 3.8) is 0 Å². The molecule has 0 bridgehead atoms. The number of hydrogen-bond donors (Lipinski definition) is 2. The van der Waals surface area contributed by atoms with E-state index in [9.17, 15) is 18.9 Å². The lowest BCUT2D eigenvalue weighted by Gasteiger charge is -2.14. The summed E-state index contributed by atoms with van der Waals surface area (Å²) in [7, 11) is 0. The minimum atomic E-state index is -2.94. The van der Waals surface area contributed by atoms with Crippen molar-refractivity contribution in [2.75, 3.05) is 11.9 Å². The van der Waals surface area contributed by atoms with Gasteiger partial charge < -0.3 is 25.5 Å². The van der Waals surface area contributed by atoms with E-state index in [-0.39, 0.29) is 16.7 Å². The molecule has 0 spiro atoms. The Balaban J connectivity index is 1.88. The van der Waals surface area contributed by atoms with Gasteiger partial charge in [0.1, 0.15) is 5.75 Å². The normalized spacial score (nSPS) is 10.6. The number of benzene rings is 1. The van der Waals surface area contributed by atoms with Crippen LogP contribution in [0.25, 0.3) is 0 Å². The Kier molecular flexibility index (Phi) is 6.17. The van der Waals surface area contributed by atoms with Crippen LogP contribution in [0, 0.1) is 17.0 Å². The van der Waals surface area contributed by atoms with E-state index in [1.54, 1.807) is 25.1 Å². The molecule has 0 aliphatic heterocycles. The summed E-state index contributed by atoms with van der Waals surface area (Å²) in [6.07, 6.45) is 0. The van der Waals surface area contributed by atoms with Crippen molar-refractivity contribution in [1.82, 2.24) is 15.1 Å². The maximum atomic E-state index is 12.4. The Bertz CT molecular complexity index is 769. The van der Waals surface area contributed by atoms with Crippen molar-refractivity contribution in [3.05, 3.63) is 46.1 Å². The van der Waals surface area contributed by atoms with Crippen molar-refractivity contribution < 1.29 is 18.4 Å². The van der Waals surface area contributed by atoms with Gasteiger partial charge in [-0.2, -0.15) is 13.5 Å². The van der Waals surface area contributed by atoms with Gasteiger partial charge in [0.05, 0.1) is 29.1 Å². The molecule has 2 N–H and O–H groups in total. The van der Waals surface area contributed by atoms with Crippen molar-refractivity contribution in [3.8, 4) is 5.75 Å². The fraction of sp³-hybridized carbons (Fsp3) is 0.286. The van der Waals surface area contributed by atoms with Gasteiger partial charge in [-0.3, -0.25) is 0 Å². The Labute approximate surface area is 146 Å². The number of nitrogens with one attached hydrogen (secondary N) is 2. The topological polar surface area (TPSA) is 94.2 Å². The lowest BCUT2D eigenvalue weighted by molar-refractivity contribution is -0.389. The van der Waals surface area contributed by atoms with E-state index >= 15 is 0 Å². The van der Waals surface area contributed by atoms with E-state index < -0.39 is 11.5 Å². The molecule has 11 heteroatoms.